The number of amides is 1. The average molecular weight is 250 g/mol. The third kappa shape index (κ3) is 3.13. The maximum Gasteiger partial charge on any atom is 0.242 e. The minimum Gasteiger partial charge on any atom is -0.388 e. The Morgan fingerprint density at radius 3 is 2.78 bits per heavy atom. The van der Waals surface area contributed by atoms with Crippen molar-refractivity contribution in [2.75, 3.05) is 13.1 Å². The molecule has 1 atom stereocenters. The molecule has 4 nitrogen and oxygen atoms in total. The minimum absolute atomic E-state index is 0.183. The first-order chi connectivity index (χ1) is 8.70. The van der Waals surface area contributed by atoms with Gasteiger partial charge in [-0.25, -0.2) is 0 Å². The average Bonchev–Trinajstić information content (AvgIpc) is 2.87. The number of hydrogen-bond donors (Lipinski definition) is 1. The van der Waals surface area contributed by atoms with Gasteiger partial charge in [0.1, 0.15) is 6.54 Å². The van der Waals surface area contributed by atoms with Gasteiger partial charge in [0.15, 0.2) is 0 Å². The molecule has 100 valence electrons. The van der Waals surface area contributed by atoms with Crippen LogP contribution in [-0.2, 0) is 11.3 Å². The number of hydrogen-bond acceptors (Lipinski definition) is 2. The van der Waals surface area contributed by atoms with E-state index in [2.05, 4.69) is 0 Å². The first-order valence-corrected chi connectivity index (χ1v) is 6.82. The number of aromatic nitrogens is 1. The summed E-state index contributed by atoms with van der Waals surface area (Å²) >= 11 is 0. The van der Waals surface area contributed by atoms with E-state index >= 15 is 0 Å². The number of aliphatic hydroxyl groups is 1. The Hall–Kier alpha value is -1.29. The lowest BCUT2D eigenvalue weighted by atomic mass is 10.1. The zero-order valence-electron chi connectivity index (χ0n) is 11.0. The van der Waals surface area contributed by atoms with Crippen LogP contribution in [0.15, 0.2) is 18.5 Å². The number of rotatable bonds is 4. The summed E-state index contributed by atoms with van der Waals surface area (Å²) in [7, 11) is 0. The molecule has 1 aliphatic heterocycles. The Kier molecular flexibility index (Phi) is 4.42. The van der Waals surface area contributed by atoms with Crippen LogP contribution in [0.3, 0.4) is 0 Å². The van der Waals surface area contributed by atoms with Gasteiger partial charge in [0.25, 0.3) is 0 Å². The molecule has 1 fully saturated rings. The Balaban J connectivity index is 1.92. The maximum absolute atomic E-state index is 12.1. The Morgan fingerprint density at radius 2 is 2.11 bits per heavy atom. The maximum atomic E-state index is 12.1. The van der Waals surface area contributed by atoms with Crippen molar-refractivity contribution in [3.05, 3.63) is 24.0 Å². The van der Waals surface area contributed by atoms with Gasteiger partial charge in [-0.3, -0.25) is 4.79 Å². The van der Waals surface area contributed by atoms with Gasteiger partial charge in [-0.15, -0.1) is 0 Å². The molecule has 1 N–H and O–H groups in total. The van der Waals surface area contributed by atoms with Crippen molar-refractivity contribution >= 4 is 5.91 Å². The van der Waals surface area contributed by atoms with Crippen LogP contribution >= 0.6 is 0 Å². The quantitative estimate of drug-likeness (QED) is 0.887. The molecule has 2 rings (SSSR count). The Labute approximate surface area is 108 Å². The highest BCUT2D eigenvalue weighted by Gasteiger charge is 2.16. The number of nitrogens with zero attached hydrogens (tertiary/aromatic N) is 2. The zero-order chi connectivity index (χ0) is 13.0. The normalized spacial score (nSPS) is 17.8. The molecule has 0 saturated carbocycles. The summed E-state index contributed by atoms with van der Waals surface area (Å²) in [5.41, 5.74) is 0.893. The van der Waals surface area contributed by atoms with E-state index in [0.717, 1.165) is 31.5 Å². The van der Waals surface area contributed by atoms with Gasteiger partial charge in [-0.05, 0) is 37.3 Å². The van der Waals surface area contributed by atoms with E-state index in [1.165, 1.54) is 6.42 Å². The molecule has 0 aromatic carbocycles. The fourth-order valence-corrected chi connectivity index (χ4v) is 2.39. The van der Waals surface area contributed by atoms with E-state index in [-0.39, 0.29) is 5.91 Å². The van der Waals surface area contributed by atoms with Crippen LogP contribution in [0, 0.1) is 0 Å². The van der Waals surface area contributed by atoms with Gasteiger partial charge in [-0.1, -0.05) is 6.92 Å². The van der Waals surface area contributed by atoms with E-state index in [1.54, 1.807) is 0 Å². The lowest BCUT2D eigenvalue weighted by molar-refractivity contribution is -0.132. The minimum atomic E-state index is -0.420. The molecule has 2 heterocycles. The second kappa shape index (κ2) is 6.05. The van der Waals surface area contributed by atoms with Crippen molar-refractivity contribution in [2.24, 2.45) is 0 Å². The van der Waals surface area contributed by atoms with Gasteiger partial charge >= 0.3 is 0 Å². The van der Waals surface area contributed by atoms with Crippen molar-refractivity contribution < 1.29 is 9.90 Å². The largest absolute Gasteiger partial charge is 0.388 e. The van der Waals surface area contributed by atoms with E-state index in [9.17, 15) is 9.90 Å². The first-order valence-electron chi connectivity index (χ1n) is 6.82. The number of aliphatic hydroxyl groups excluding tert-OH is 1. The van der Waals surface area contributed by atoms with E-state index in [4.69, 9.17) is 0 Å². The lowest BCUT2D eigenvalue weighted by Gasteiger charge is -2.26. The second-order valence-corrected chi connectivity index (χ2v) is 4.98. The summed E-state index contributed by atoms with van der Waals surface area (Å²) < 4.78 is 1.87. The third-order valence-corrected chi connectivity index (χ3v) is 3.57. The predicted octanol–water partition coefficient (Wildman–Crippen LogP) is 1.94. The highest BCUT2D eigenvalue weighted by atomic mass is 16.3. The molecule has 1 aromatic rings. The van der Waals surface area contributed by atoms with Crippen molar-refractivity contribution in [2.45, 2.75) is 45.3 Å². The van der Waals surface area contributed by atoms with Crippen molar-refractivity contribution in [1.82, 2.24) is 9.47 Å². The molecule has 0 aliphatic carbocycles. The fourth-order valence-electron chi connectivity index (χ4n) is 2.39. The van der Waals surface area contributed by atoms with Crippen LogP contribution in [0.2, 0.25) is 0 Å². The molecule has 0 spiro atoms. The van der Waals surface area contributed by atoms with E-state index in [1.807, 2.05) is 34.9 Å². The molecule has 0 radical (unpaired) electrons. The standard InChI is InChI=1S/C14H22N2O2/c1-2-13(17)12-6-9-15(10-12)11-14(18)16-7-4-3-5-8-16/h6,9-10,13,17H,2-5,7-8,11H2,1H3. The van der Waals surface area contributed by atoms with E-state index in [0.29, 0.717) is 13.0 Å². The topological polar surface area (TPSA) is 45.5 Å². The summed E-state index contributed by atoms with van der Waals surface area (Å²) in [5, 5.41) is 9.72. The van der Waals surface area contributed by atoms with Gasteiger partial charge < -0.3 is 14.6 Å². The molecule has 1 amide bonds. The number of likely N-dealkylation sites (tertiary alicyclic amines) is 1. The SMILES string of the molecule is CCC(O)c1ccn(CC(=O)N2CCCCC2)c1. The van der Waals surface area contributed by atoms with Crippen molar-refractivity contribution in [3.8, 4) is 0 Å². The van der Waals surface area contributed by atoms with E-state index < -0.39 is 6.10 Å². The number of piperidine rings is 1. The van der Waals surface area contributed by atoms with Gasteiger partial charge in [0.2, 0.25) is 5.91 Å². The second-order valence-electron chi connectivity index (χ2n) is 4.98. The van der Waals surface area contributed by atoms with Gasteiger partial charge in [0.05, 0.1) is 6.10 Å². The van der Waals surface area contributed by atoms with Crippen LogP contribution in [-0.4, -0.2) is 33.6 Å². The third-order valence-electron chi connectivity index (χ3n) is 3.57. The Bertz CT molecular complexity index is 394. The molecule has 18 heavy (non-hydrogen) atoms. The molecule has 1 unspecified atom stereocenters. The van der Waals surface area contributed by atoms with Crippen LogP contribution < -0.4 is 0 Å². The summed E-state index contributed by atoms with van der Waals surface area (Å²) in [6.07, 6.45) is 7.50. The molecule has 1 aliphatic rings. The number of carbonyl (C=O) groups is 1. The van der Waals surface area contributed by atoms with Crippen LogP contribution in [0.5, 0.6) is 0 Å². The van der Waals surface area contributed by atoms with Gasteiger partial charge in [-0.2, -0.15) is 0 Å². The molecule has 1 aromatic heterocycles. The van der Waals surface area contributed by atoms with Gasteiger partial charge in [0, 0.05) is 25.5 Å². The van der Waals surface area contributed by atoms with Crippen molar-refractivity contribution in [1.29, 1.82) is 0 Å². The summed E-state index contributed by atoms with van der Waals surface area (Å²) in [4.78, 5) is 14.0. The number of carbonyl (C=O) groups excluding carboxylic acids is 1. The van der Waals surface area contributed by atoms with Crippen molar-refractivity contribution in [3.63, 3.8) is 0 Å². The van der Waals surface area contributed by atoms with Crippen LogP contribution in [0.1, 0.15) is 44.3 Å². The predicted molar refractivity (Wildman–Crippen MR) is 70.1 cm³/mol. The smallest absolute Gasteiger partial charge is 0.242 e. The monoisotopic (exact) mass is 250 g/mol. The highest BCUT2D eigenvalue weighted by Crippen LogP contribution is 2.16. The zero-order valence-corrected chi connectivity index (χ0v) is 11.0. The highest BCUT2D eigenvalue weighted by molar-refractivity contribution is 5.76. The molecule has 0 bridgehead atoms. The molecule has 1 saturated heterocycles. The molecular formula is C14H22N2O2. The Morgan fingerprint density at radius 1 is 1.39 bits per heavy atom. The molecular weight excluding hydrogens is 228 g/mol. The summed E-state index contributed by atoms with van der Waals surface area (Å²) in [6.45, 7) is 4.12. The fraction of sp³-hybridized carbons (Fsp3) is 0.643. The molecule has 4 heteroatoms. The summed E-state index contributed by atoms with van der Waals surface area (Å²) in [6, 6.07) is 1.89. The van der Waals surface area contributed by atoms with Crippen LogP contribution in [0.25, 0.3) is 0 Å². The summed E-state index contributed by atoms with van der Waals surface area (Å²) in [5.74, 6) is 0.183. The van der Waals surface area contributed by atoms with Crippen LogP contribution in [0.4, 0.5) is 0 Å². The first kappa shape index (κ1) is 13.1. The lowest BCUT2D eigenvalue weighted by Crippen LogP contribution is -2.37.